The summed E-state index contributed by atoms with van der Waals surface area (Å²) in [7, 11) is 0. The molecule has 4 N–H and O–H groups in total. The molecular formula is C34H32N6O3. The van der Waals surface area contributed by atoms with Gasteiger partial charge < -0.3 is 29.7 Å². The highest BCUT2D eigenvalue weighted by Crippen LogP contribution is 2.29. The van der Waals surface area contributed by atoms with E-state index in [1.165, 1.54) is 0 Å². The zero-order valence-corrected chi connectivity index (χ0v) is 24.0. The molecule has 0 spiro atoms. The van der Waals surface area contributed by atoms with Crippen LogP contribution in [0, 0.1) is 6.92 Å². The summed E-state index contributed by atoms with van der Waals surface area (Å²) in [5.74, 6) is 1.23. The molecule has 0 saturated heterocycles. The van der Waals surface area contributed by atoms with Gasteiger partial charge in [-0.15, -0.1) is 0 Å². The fourth-order valence-electron chi connectivity index (χ4n) is 5.06. The van der Waals surface area contributed by atoms with Gasteiger partial charge in [-0.05, 0) is 72.9 Å². The Morgan fingerprint density at radius 2 is 1.86 bits per heavy atom. The number of nitrogens with one attached hydrogen (secondary N) is 3. The molecule has 0 amide bonds. The number of aliphatic hydroxyl groups is 1. The summed E-state index contributed by atoms with van der Waals surface area (Å²) in [6.07, 6.45) is 7.48. The fraction of sp³-hybridized carbons (Fsp3) is 0.147. The van der Waals surface area contributed by atoms with Crippen LogP contribution in [-0.2, 0) is 13.0 Å². The number of hydrogen-bond acceptors (Lipinski definition) is 6. The highest BCUT2D eigenvalue weighted by atomic mass is 16.5. The molecule has 0 aliphatic carbocycles. The quantitative estimate of drug-likeness (QED) is 0.162. The first-order chi connectivity index (χ1) is 21.0. The summed E-state index contributed by atoms with van der Waals surface area (Å²) in [4.78, 5) is 28.1. The summed E-state index contributed by atoms with van der Waals surface area (Å²) in [6, 6.07) is 23.7. The number of rotatable bonds is 10. The number of aliphatic hydroxyl groups excluding tert-OH is 1. The Labute approximate surface area is 248 Å². The lowest BCUT2D eigenvalue weighted by Gasteiger charge is -2.15. The Bertz CT molecular complexity index is 1940. The van der Waals surface area contributed by atoms with Gasteiger partial charge in [-0.1, -0.05) is 42.5 Å². The van der Waals surface area contributed by atoms with E-state index in [9.17, 15) is 9.90 Å². The Balaban J connectivity index is 1.23. The third-order valence-corrected chi connectivity index (χ3v) is 7.39. The average molecular weight is 573 g/mol. The number of aryl methyl sites for hydroxylation is 1. The largest absolute Gasteiger partial charge is 0.489 e. The minimum Gasteiger partial charge on any atom is -0.489 e. The highest BCUT2D eigenvalue weighted by Gasteiger charge is 2.17. The van der Waals surface area contributed by atoms with Gasteiger partial charge in [0.1, 0.15) is 23.7 Å². The van der Waals surface area contributed by atoms with Crippen LogP contribution in [0.5, 0.6) is 5.75 Å². The number of benzene rings is 3. The molecule has 0 aliphatic heterocycles. The summed E-state index contributed by atoms with van der Waals surface area (Å²) in [5, 5.41) is 13.6. The molecule has 0 bridgehead atoms. The summed E-state index contributed by atoms with van der Waals surface area (Å²) in [5.41, 5.74) is 7.91. The Kier molecular flexibility index (Phi) is 7.88. The number of H-pyrrole nitrogens is 2. The van der Waals surface area contributed by atoms with Crippen molar-refractivity contribution in [2.75, 3.05) is 11.9 Å². The molecule has 0 aliphatic rings. The van der Waals surface area contributed by atoms with Crippen LogP contribution in [0.4, 0.5) is 5.69 Å². The smallest absolute Gasteiger partial charge is 0.261 e. The lowest BCUT2D eigenvalue weighted by atomic mass is 10.0. The van der Waals surface area contributed by atoms with Crippen LogP contribution in [-0.4, -0.2) is 36.2 Å². The van der Waals surface area contributed by atoms with Crippen LogP contribution in [0.25, 0.3) is 28.1 Å². The number of hydrogen-bond donors (Lipinski definition) is 4. The van der Waals surface area contributed by atoms with Gasteiger partial charge in [0, 0.05) is 30.0 Å². The van der Waals surface area contributed by atoms with Gasteiger partial charge in [-0.25, -0.2) is 9.97 Å². The molecule has 0 saturated carbocycles. The van der Waals surface area contributed by atoms with Gasteiger partial charge >= 0.3 is 0 Å². The minimum atomic E-state index is -0.277. The van der Waals surface area contributed by atoms with Crippen molar-refractivity contribution < 1.29 is 9.84 Å². The van der Waals surface area contributed by atoms with E-state index >= 15 is 0 Å². The molecule has 6 aromatic rings. The molecule has 9 nitrogen and oxygen atoms in total. The van der Waals surface area contributed by atoms with Crippen LogP contribution in [0.15, 0.2) is 114 Å². The van der Waals surface area contributed by atoms with E-state index in [-0.39, 0.29) is 12.2 Å². The van der Waals surface area contributed by atoms with Crippen molar-refractivity contribution in [3.63, 3.8) is 0 Å². The van der Waals surface area contributed by atoms with E-state index in [1.54, 1.807) is 24.8 Å². The third-order valence-electron chi connectivity index (χ3n) is 7.39. The molecule has 3 aromatic carbocycles. The predicted octanol–water partition coefficient (Wildman–Crippen LogP) is 5.91. The van der Waals surface area contributed by atoms with Crippen molar-refractivity contribution in [2.45, 2.75) is 26.9 Å². The van der Waals surface area contributed by atoms with E-state index in [0.29, 0.717) is 30.1 Å². The van der Waals surface area contributed by atoms with E-state index < -0.39 is 0 Å². The summed E-state index contributed by atoms with van der Waals surface area (Å²) >= 11 is 0. The summed E-state index contributed by atoms with van der Waals surface area (Å²) < 4.78 is 7.83. The molecule has 0 unspecified atom stereocenters. The average Bonchev–Trinajstić information content (AvgIpc) is 3.71. The van der Waals surface area contributed by atoms with Crippen molar-refractivity contribution in [3.05, 3.63) is 136 Å². The molecule has 3 heterocycles. The molecule has 0 radical (unpaired) electrons. The first kappa shape index (κ1) is 27.7. The number of imidazole rings is 2. The number of anilines is 1. The number of fused-ring (bicyclic) bond motifs is 1. The first-order valence-electron chi connectivity index (χ1n) is 14.0. The zero-order chi connectivity index (χ0) is 29.8. The van der Waals surface area contributed by atoms with E-state index in [4.69, 9.17) is 9.72 Å². The molecule has 0 fully saturated rings. The monoisotopic (exact) mass is 572 g/mol. The van der Waals surface area contributed by atoms with Crippen molar-refractivity contribution in [3.8, 4) is 22.8 Å². The molecular weight excluding hydrogens is 540 g/mol. The van der Waals surface area contributed by atoms with Gasteiger partial charge in [0.15, 0.2) is 0 Å². The molecule has 0 atom stereocenters. The van der Waals surface area contributed by atoms with E-state index in [0.717, 1.165) is 50.4 Å². The molecule has 9 heteroatoms. The normalized spacial score (nSPS) is 11.9. The lowest BCUT2D eigenvalue weighted by Crippen LogP contribution is -2.14. The second-order valence-electron chi connectivity index (χ2n) is 10.4. The van der Waals surface area contributed by atoms with Crippen molar-refractivity contribution in [1.82, 2.24) is 24.5 Å². The molecule has 3 aromatic heterocycles. The number of aromatic amines is 2. The third kappa shape index (κ3) is 6.12. The van der Waals surface area contributed by atoms with Crippen molar-refractivity contribution in [1.29, 1.82) is 0 Å². The van der Waals surface area contributed by atoms with Gasteiger partial charge in [0.2, 0.25) is 0 Å². The van der Waals surface area contributed by atoms with Crippen LogP contribution in [0.3, 0.4) is 0 Å². The number of pyridine rings is 1. The van der Waals surface area contributed by atoms with Gasteiger partial charge in [0.05, 0.1) is 29.7 Å². The van der Waals surface area contributed by atoms with Gasteiger partial charge in [0.25, 0.3) is 5.56 Å². The van der Waals surface area contributed by atoms with Crippen LogP contribution in [0.2, 0.25) is 0 Å². The number of nitrogens with zero attached hydrogens (tertiary/aromatic N) is 3. The topological polar surface area (TPSA) is 121 Å². The maximum atomic E-state index is 13.1. The van der Waals surface area contributed by atoms with Gasteiger partial charge in [-0.3, -0.25) is 4.79 Å². The Morgan fingerprint density at radius 3 is 2.60 bits per heavy atom. The maximum absolute atomic E-state index is 13.1. The van der Waals surface area contributed by atoms with E-state index in [2.05, 4.69) is 20.3 Å². The maximum Gasteiger partial charge on any atom is 0.261 e. The zero-order valence-electron chi connectivity index (χ0n) is 24.0. The van der Waals surface area contributed by atoms with Crippen molar-refractivity contribution in [2.24, 2.45) is 0 Å². The number of ether oxygens (including phenoxy) is 1. The number of allylic oxidation sites excluding steroid dienone is 1. The molecule has 6 rings (SSSR count). The van der Waals surface area contributed by atoms with Crippen molar-refractivity contribution >= 4 is 16.7 Å². The number of aromatic nitrogens is 5. The second kappa shape index (κ2) is 12.2. The van der Waals surface area contributed by atoms with Gasteiger partial charge in [-0.2, -0.15) is 0 Å². The summed E-state index contributed by atoms with van der Waals surface area (Å²) in [6.45, 7) is 4.25. The standard InChI is InChI=1S/C34H32N6O3/c1-22-16-27(40-15-14-35-21-40)18-30-32(22)39-33(38-30)31-29(12-13-36-34(31)42)37-23(2)26(19-41)17-24-8-10-28(11-9-24)43-20-25-6-4-3-5-7-25/h3-16,18,21,41H,17,19-20H2,1-2H3,(H,38,39)(H2,36,37,42). The molecule has 43 heavy (non-hydrogen) atoms. The molecule has 216 valence electrons. The minimum absolute atomic E-state index is 0.134. The Hall–Kier alpha value is -5.41. The van der Waals surface area contributed by atoms with Crippen LogP contribution >= 0.6 is 0 Å². The lowest BCUT2D eigenvalue weighted by molar-refractivity contribution is 0.306. The van der Waals surface area contributed by atoms with Crippen LogP contribution in [0.1, 0.15) is 23.6 Å². The second-order valence-corrected chi connectivity index (χ2v) is 10.4. The highest BCUT2D eigenvalue weighted by molar-refractivity contribution is 5.86. The van der Waals surface area contributed by atoms with Crippen LogP contribution < -0.4 is 15.6 Å². The fourth-order valence-corrected chi connectivity index (χ4v) is 5.06. The SMILES string of the molecule is CC(Nc1cc[nH]c(=O)c1-c1nc2c(C)cc(-n3ccnc3)cc2[nH]1)=C(CO)Cc1ccc(OCc2ccccc2)cc1. The Morgan fingerprint density at radius 1 is 1.05 bits per heavy atom. The first-order valence-corrected chi connectivity index (χ1v) is 14.0. The van der Waals surface area contributed by atoms with E-state index in [1.807, 2.05) is 91.3 Å². The predicted molar refractivity (Wildman–Crippen MR) is 168 cm³/mol.